The van der Waals surface area contributed by atoms with E-state index in [9.17, 15) is 9.59 Å². The molecule has 0 heterocycles. The molecule has 0 aromatic rings. The van der Waals surface area contributed by atoms with Crippen molar-refractivity contribution in [3.8, 4) is 0 Å². The largest absolute Gasteiger partial charge is 0.480 e. The fourth-order valence-electron chi connectivity index (χ4n) is 1.77. The minimum absolute atomic E-state index is 0.281. The second-order valence-electron chi connectivity index (χ2n) is 4.39. The maximum absolute atomic E-state index is 11.5. The number of aliphatic carboxylic acids is 1. The first-order valence-corrected chi connectivity index (χ1v) is 5.17. The second kappa shape index (κ2) is 3.26. The van der Waals surface area contributed by atoms with Crippen molar-refractivity contribution in [2.24, 2.45) is 11.3 Å². The third-order valence-corrected chi connectivity index (χ3v) is 3.37. The fourth-order valence-corrected chi connectivity index (χ4v) is 1.77. The van der Waals surface area contributed by atoms with Crippen molar-refractivity contribution < 1.29 is 14.7 Å². The van der Waals surface area contributed by atoms with E-state index in [1.807, 2.05) is 0 Å². The van der Waals surface area contributed by atoms with E-state index in [1.165, 1.54) is 19.3 Å². The number of carboxylic acid groups (broad SMARTS) is 1. The molecule has 0 spiro atoms. The number of hydrogen-bond acceptors (Lipinski definition) is 2. The smallest absolute Gasteiger partial charge is 0.319 e. The highest BCUT2D eigenvalue weighted by Crippen LogP contribution is 2.46. The third kappa shape index (κ3) is 1.49. The van der Waals surface area contributed by atoms with Crippen LogP contribution in [0.1, 0.15) is 32.1 Å². The normalized spacial score (nSPS) is 23.7. The van der Waals surface area contributed by atoms with Gasteiger partial charge in [0.25, 0.3) is 0 Å². The summed E-state index contributed by atoms with van der Waals surface area (Å²) < 4.78 is 0. The Hall–Kier alpha value is -1.06. The molecule has 0 atom stereocenters. The van der Waals surface area contributed by atoms with Crippen LogP contribution in [-0.2, 0) is 9.59 Å². The Kier molecular flexibility index (Phi) is 2.21. The van der Waals surface area contributed by atoms with Crippen molar-refractivity contribution >= 4 is 11.9 Å². The van der Waals surface area contributed by atoms with Crippen LogP contribution in [0.4, 0.5) is 0 Å². The summed E-state index contributed by atoms with van der Waals surface area (Å²) in [6.07, 6.45) is 4.57. The van der Waals surface area contributed by atoms with E-state index in [-0.39, 0.29) is 5.91 Å². The van der Waals surface area contributed by atoms with Crippen LogP contribution in [0.3, 0.4) is 0 Å². The van der Waals surface area contributed by atoms with Crippen LogP contribution >= 0.6 is 0 Å². The summed E-state index contributed by atoms with van der Waals surface area (Å²) in [5.74, 6) is -0.663. The number of amides is 1. The van der Waals surface area contributed by atoms with Gasteiger partial charge in [0, 0.05) is 6.54 Å². The maximum atomic E-state index is 11.5. The number of hydrogen-bond donors (Lipinski definition) is 2. The molecule has 0 aromatic heterocycles. The van der Waals surface area contributed by atoms with Crippen LogP contribution in [0, 0.1) is 11.3 Å². The van der Waals surface area contributed by atoms with Gasteiger partial charge in [0.15, 0.2) is 0 Å². The van der Waals surface area contributed by atoms with Gasteiger partial charge in [0.05, 0.1) is 0 Å². The van der Waals surface area contributed by atoms with Gasteiger partial charge in [-0.1, -0.05) is 6.42 Å². The lowest BCUT2D eigenvalue weighted by Gasteiger charge is -2.26. The van der Waals surface area contributed by atoms with Crippen molar-refractivity contribution in [1.29, 1.82) is 0 Å². The Balaban J connectivity index is 1.80. The predicted molar refractivity (Wildman–Crippen MR) is 49.7 cm³/mol. The van der Waals surface area contributed by atoms with E-state index in [1.54, 1.807) is 0 Å². The van der Waals surface area contributed by atoms with Crippen molar-refractivity contribution in [1.82, 2.24) is 5.32 Å². The number of carbonyl (C=O) groups is 2. The standard InChI is InChI=1S/C10H15NO3/c12-8(10(4-5-10)9(13)14)11-6-7-2-1-3-7/h7H,1-6H2,(H,11,12)(H,13,14). The predicted octanol–water partition coefficient (Wildman–Crippen LogP) is 0.767. The Labute approximate surface area is 82.7 Å². The molecule has 2 aliphatic carbocycles. The zero-order chi connectivity index (χ0) is 10.2. The molecule has 78 valence electrons. The van der Waals surface area contributed by atoms with E-state index in [0.717, 1.165) is 0 Å². The molecule has 4 heteroatoms. The van der Waals surface area contributed by atoms with Crippen LogP contribution in [0.2, 0.25) is 0 Å². The lowest BCUT2D eigenvalue weighted by atomic mass is 9.85. The monoisotopic (exact) mass is 197 g/mol. The summed E-state index contributed by atoms with van der Waals surface area (Å²) >= 11 is 0. The van der Waals surface area contributed by atoms with E-state index in [4.69, 9.17) is 5.11 Å². The summed E-state index contributed by atoms with van der Waals surface area (Å²) in [7, 11) is 0. The first-order chi connectivity index (χ1) is 6.65. The minimum Gasteiger partial charge on any atom is -0.480 e. The highest BCUT2D eigenvalue weighted by Gasteiger charge is 2.57. The summed E-state index contributed by atoms with van der Waals surface area (Å²) in [4.78, 5) is 22.3. The van der Waals surface area contributed by atoms with Crippen LogP contribution in [0.15, 0.2) is 0 Å². The molecule has 0 bridgehead atoms. The summed E-state index contributed by atoms with van der Waals surface area (Å²) in [6.45, 7) is 0.661. The number of rotatable bonds is 4. The molecule has 0 aliphatic heterocycles. The zero-order valence-electron chi connectivity index (χ0n) is 8.08. The molecule has 2 rings (SSSR count). The lowest BCUT2D eigenvalue weighted by molar-refractivity contribution is -0.149. The fraction of sp³-hybridized carbons (Fsp3) is 0.800. The molecule has 4 nitrogen and oxygen atoms in total. The molecule has 0 radical (unpaired) electrons. The Morgan fingerprint density at radius 1 is 1.36 bits per heavy atom. The van der Waals surface area contributed by atoms with Crippen molar-refractivity contribution in [2.45, 2.75) is 32.1 Å². The molecular weight excluding hydrogens is 182 g/mol. The van der Waals surface area contributed by atoms with Gasteiger partial charge in [-0.2, -0.15) is 0 Å². The molecule has 2 N–H and O–H groups in total. The van der Waals surface area contributed by atoms with Crippen LogP contribution < -0.4 is 5.32 Å². The van der Waals surface area contributed by atoms with E-state index in [0.29, 0.717) is 25.3 Å². The zero-order valence-corrected chi connectivity index (χ0v) is 8.08. The van der Waals surface area contributed by atoms with Gasteiger partial charge in [-0.25, -0.2) is 0 Å². The Bertz CT molecular complexity index is 267. The molecule has 0 saturated heterocycles. The summed E-state index contributed by atoms with van der Waals surface area (Å²) in [5, 5.41) is 11.6. The Morgan fingerprint density at radius 2 is 2.00 bits per heavy atom. The summed E-state index contributed by atoms with van der Waals surface area (Å²) in [6, 6.07) is 0. The van der Waals surface area contributed by atoms with E-state index in [2.05, 4.69) is 5.32 Å². The van der Waals surface area contributed by atoms with Gasteiger partial charge in [-0.05, 0) is 31.6 Å². The van der Waals surface area contributed by atoms with Gasteiger partial charge >= 0.3 is 5.97 Å². The van der Waals surface area contributed by atoms with E-state index < -0.39 is 11.4 Å². The first-order valence-electron chi connectivity index (χ1n) is 5.17. The highest BCUT2D eigenvalue weighted by atomic mass is 16.4. The molecule has 2 fully saturated rings. The van der Waals surface area contributed by atoms with Gasteiger partial charge in [-0.3, -0.25) is 9.59 Å². The molecular formula is C10H15NO3. The van der Waals surface area contributed by atoms with Gasteiger partial charge in [0.2, 0.25) is 5.91 Å². The van der Waals surface area contributed by atoms with Crippen molar-refractivity contribution in [3.63, 3.8) is 0 Å². The van der Waals surface area contributed by atoms with Crippen LogP contribution in [-0.4, -0.2) is 23.5 Å². The molecule has 0 unspecified atom stereocenters. The average molecular weight is 197 g/mol. The van der Waals surface area contributed by atoms with E-state index >= 15 is 0 Å². The molecule has 2 aliphatic rings. The molecule has 14 heavy (non-hydrogen) atoms. The van der Waals surface area contributed by atoms with Crippen LogP contribution in [0.25, 0.3) is 0 Å². The molecule has 0 aromatic carbocycles. The van der Waals surface area contributed by atoms with Crippen molar-refractivity contribution in [2.75, 3.05) is 6.54 Å². The van der Waals surface area contributed by atoms with Gasteiger partial charge in [-0.15, -0.1) is 0 Å². The highest BCUT2D eigenvalue weighted by molar-refractivity contribution is 6.04. The quantitative estimate of drug-likeness (QED) is 0.654. The molecule has 1 amide bonds. The maximum Gasteiger partial charge on any atom is 0.319 e. The van der Waals surface area contributed by atoms with Gasteiger partial charge < -0.3 is 10.4 Å². The average Bonchev–Trinajstić information content (AvgIpc) is 2.80. The van der Waals surface area contributed by atoms with Crippen LogP contribution in [0.5, 0.6) is 0 Å². The molecule has 2 saturated carbocycles. The lowest BCUT2D eigenvalue weighted by Crippen LogP contribution is -2.40. The number of carbonyl (C=O) groups excluding carboxylic acids is 1. The Morgan fingerprint density at radius 3 is 2.36 bits per heavy atom. The minimum atomic E-state index is -1.07. The summed E-state index contributed by atoms with van der Waals surface area (Å²) in [5.41, 5.74) is -1.07. The number of carboxylic acids is 1. The third-order valence-electron chi connectivity index (χ3n) is 3.37. The SMILES string of the molecule is O=C(O)C1(C(=O)NCC2CCC2)CC1. The van der Waals surface area contributed by atoms with Crippen molar-refractivity contribution in [3.05, 3.63) is 0 Å². The van der Waals surface area contributed by atoms with Gasteiger partial charge in [0.1, 0.15) is 5.41 Å². The number of nitrogens with one attached hydrogen (secondary N) is 1. The topological polar surface area (TPSA) is 66.4 Å². The second-order valence-corrected chi connectivity index (χ2v) is 4.39. The first kappa shape index (κ1) is 9.49.